The average Bonchev–Trinajstić information content (AvgIpc) is 3.14. The van der Waals surface area contributed by atoms with Crippen molar-refractivity contribution in [2.24, 2.45) is 0 Å². The van der Waals surface area contributed by atoms with E-state index in [0.717, 1.165) is 6.07 Å². The third kappa shape index (κ3) is 2.92. The van der Waals surface area contributed by atoms with Crippen molar-refractivity contribution in [3.63, 3.8) is 0 Å². The number of amides is 1. The zero-order valence-corrected chi connectivity index (χ0v) is 15.6. The van der Waals surface area contributed by atoms with Crippen molar-refractivity contribution in [1.29, 1.82) is 0 Å². The Morgan fingerprint density at radius 1 is 1.33 bits per heavy atom. The van der Waals surface area contributed by atoms with Crippen LogP contribution in [0.5, 0.6) is 0 Å². The fourth-order valence-corrected chi connectivity index (χ4v) is 3.22. The van der Waals surface area contributed by atoms with E-state index >= 15 is 4.39 Å². The molecule has 2 atom stereocenters. The van der Waals surface area contributed by atoms with Gasteiger partial charge < -0.3 is 9.84 Å². The predicted molar refractivity (Wildman–Crippen MR) is 99.8 cm³/mol. The van der Waals surface area contributed by atoms with Crippen LogP contribution in [0.25, 0.3) is 17.0 Å². The van der Waals surface area contributed by atoms with Gasteiger partial charge in [0, 0.05) is 11.8 Å². The average molecular weight is 413 g/mol. The highest BCUT2D eigenvalue weighted by Gasteiger charge is 2.43. The number of hydrogen-bond donors (Lipinski definition) is 1. The Bertz CT molecular complexity index is 1300. The van der Waals surface area contributed by atoms with Crippen LogP contribution >= 0.6 is 0 Å². The minimum Gasteiger partial charge on any atom is -0.339 e. The zero-order chi connectivity index (χ0) is 21.0. The van der Waals surface area contributed by atoms with Crippen molar-refractivity contribution in [2.45, 2.75) is 25.4 Å². The van der Waals surface area contributed by atoms with Crippen LogP contribution in [-0.4, -0.2) is 31.6 Å². The summed E-state index contributed by atoms with van der Waals surface area (Å²) in [7, 11) is 0. The molecule has 1 aromatic carbocycles. The first-order valence-corrected chi connectivity index (χ1v) is 9.14. The topological polar surface area (TPSA) is 85.3 Å². The van der Waals surface area contributed by atoms with E-state index in [0.29, 0.717) is 5.65 Å². The van der Waals surface area contributed by atoms with Crippen LogP contribution in [0.3, 0.4) is 0 Å². The number of hydrogen-bond acceptors (Lipinski definition) is 5. The van der Waals surface area contributed by atoms with Gasteiger partial charge in [0.05, 0.1) is 23.4 Å². The quantitative estimate of drug-likeness (QED) is 0.546. The molecule has 0 radical (unpaired) electrons. The minimum atomic E-state index is -1.07. The number of anilines is 1. The number of rotatable bonds is 4. The molecule has 0 saturated heterocycles. The lowest BCUT2D eigenvalue weighted by atomic mass is 10.1. The van der Waals surface area contributed by atoms with Gasteiger partial charge in [-0.2, -0.15) is 4.98 Å². The van der Waals surface area contributed by atoms with Crippen LogP contribution in [0.2, 0.25) is 0 Å². The number of nitrogens with one attached hydrogen (secondary N) is 1. The van der Waals surface area contributed by atoms with Crippen LogP contribution in [0, 0.1) is 18.6 Å². The van der Waals surface area contributed by atoms with Crippen LogP contribution in [0.1, 0.15) is 34.3 Å². The van der Waals surface area contributed by atoms with Gasteiger partial charge in [-0.25, -0.2) is 18.2 Å². The SMILES string of the molecule is Cc1c(F)cc(-c2noc([C@H]3C[C@@H]3F)n2)c(F)c1NC(=O)c1cnc2ccccn12. The molecule has 7 nitrogen and oxygen atoms in total. The van der Waals surface area contributed by atoms with Gasteiger partial charge >= 0.3 is 0 Å². The molecule has 0 unspecified atom stereocenters. The molecule has 0 bridgehead atoms. The van der Waals surface area contributed by atoms with Gasteiger partial charge in [0.15, 0.2) is 5.82 Å². The molecule has 3 aromatic heterocycles. The molecular formula is C20H14F3N5O2. The molecule has 1 aliphatic carbocycles. The zero-order valence-electron chi connectivity index (χ0n) is 15.6. The number of pyridine rings is 1. The molecule has 1 N–H and O–H groups in total. The van der Waals surface area contributed by atoms with Crippen molar-refractivity contribution in [1.82, 2.24) is 19.5 Å². The van der Waals surface area contributed by atoms with Crippen LogP contribution < -0.4 is 5.32 Å². The first-order chi connectivity index (χ1) is 14.4. The van der Waals surface area contributed by atoms with E-state index in [2.05, 4.69) is 20.4 Å². The summed E-state index contributed by atoms with van der Waals surface area (Å²) in [6, 6.07) is 6.10. The van der Waals surface area contributed by atoms with Gasteiger partial charge in [0.25, 0.3) is 5.91 Å². The Labute approximate surface area is 167 Å². The third-order valence-corrected chi connectivity index (χ3v) is 5.06. The first kappa shape index (κ1) is 18.3. The summed E-state index contributed by atoms with van der Waals surface area (Å²) in [5.74, 6) is -3.05. The molecule has 4 aromatic rings. The summed E-state index contributed by atoms with van der Waals surface area (Å²) in [6.45, 7) is 1.34. The molecule has 0 spiro atoms. The Balaban J connectivity index is 1.52. The second-order valence-corrected chi connectivity index (χ2v) is 7.06. The number of halogens is 3. The highest BCUT2D eigenvalue weighted by molar-refractivity contribution is 6.04. The molecule has 5 rings (SSSR count). The van der Waals surface area contributed by atoms with Gasteiger partial charge in [-0.3, -0.25) is 9.20 Å². The molecular weight excluding hydrogens is 399 g/mol. The van der Waals surface area contributed by atoms with Crippen LogP contribution in [0.15, 0.2) is 41.2 Å². The number of carbonyl (C=O) groups excluding carboxylic acids is 1. The van der Waals surface area contributed by atoms with Crippen molar-refractivity contribution in [2.75, 3.05) is 5.32 Å². The standard InChI is InChI=1S/C20H14F3N5O2/c1-9-12(21)7-11(18-26-20(30-27-18)10-6-13(10)22)16(23)17(9)25-19(29)14-8-24-15-4-2-3-5-28(14)15/h2-5,7-8,10,13H,6H2,1H3,(H,25,29)/t10-,13-/m0/s1. The maximum atomic E-state index is 15.2. The smallest absolute Gasteiger partial charge is 0.274 e. The Morgan fingerprint density at radius 2 is 2.13 bits per heavy atom. The fraction of sp³-hybridized carbons (Fsp3) is 0.200. The highest BCUT2D eigenvalue weighted by Crippen LogP contribution is 2.43. The van der Waals surface area contributed by atoms with Crippen LogP contribution in [-0.2, 0) is 0 Å². The molecule has 0 aliphatic heterocycles. The number of benzene rings is 1. The number of nitrogens with zero attached hydrogens (tertiary/aromatic N) is 4. The number of aromatic nitrogens is 4. The second kappa shape index (κ2) is 6.68. The van der Waals surface area contributed by atoms with E-state index in [4.69, 9.17) is 4.52 Å². The lowest BCUT2D eigenvalue weighted by Gasteiger charge is -2.12. The van der Waals surface area contributed by atoms with Crippen molar-refractivity contribution < 1.29 is 22.5 Å². The summed E-state index contributed by atoms with van der Waals surface area (Å²) in [4.78, 5) is 20.8. The molecule has 10 heteroatoms. The first-order valence-electron chi connectivity index (χ1n) is 9.14. The third-order valence-electron chi connectivity index (χ3n) is 5.06. The van der Waals surface area contributed by atoms with Crippen molar-refractivity contribution in [3.8, 4) is 11.4 Å². The van der Waals surface area contributed by atoms with Crippen LogP contribution in [0.4, 0.5) is 18.9 Å². The molecule has 3 heterocycles. The van der Waals surface area contributed by atoms with E-state index in [1.807, 2.05) is 0 Å². The Kier molecular flexibility index (Phi) is 4.09. The van der Waals surface area contributed by atoms with Gasteiger partial charge in [-0.1, -0.05) is 11.2 Å². The summed E-state index contributed by atoms with van der Waals surface area (Å²) < 4.78 is 49.4. The van der Waals surface area contributed by atoms with E-state index in [9.17, 15) is 13.6 Å². The molecule has 30 heavy (non-hydrogen) atoms. The number of fused-ring (bicyclic) bond motifs is 1. The van der Waals surface area contributed by atoms with E-state index < -0.39 is 29.6 Å². The molecule has 152 valence electrons. The van der Waals surface area contributed by atoms with E-state index in [1.54, 1.807) is 24.4 Å². The van der Waals surface area contributed by atoms with E-state index in [-0.39, 0.29) is 40.6 Å². The summed E-state index contributed by atoms with van der Waals surface area (Å²) in [5.41, 5.74) is -0.0436. The summed E-state index contributed by atoms with van der Waals surface area (Å²) in [5, 5.41) is 6.05. The number of alkyl halides is 1. The predicted octanol–water partition coefficient (Wildman–Crippen LogP) is 4.05. The lowest BCUT2D eigenvalue weighted by molar-refractivity contribution is 0.102. The van der Waals surface area contributed by atoms with Gasteiger partial charge in [-0.05, 0) is 31.5 Å². The lowest BCUT2D eigenvalue weighted by Crippen LogP contribution is -2.17. The maximum absolute atomic E-state index is 15.2. The van der Waals surface area contributed by atoms with Gasteiger partial charge in [0.1, 0.15) is 23.3 Å². The normalized spacial score (nSPS) is 18.0. The molecule has 1 amide bonds. The van der Waals surface area contributed by atoms with Crippen molar-refractivity contribution >= 4 is 17.2 Å². The Hall–Kier alpha value is -3.69. The Morgan fingerprint density at radius 3 is 2.90 bits per heavy atom. The number of imidazole rings is 1. The highest BCUT2D eigenvalue weighted by atomic mass is 19.1. The maximum Gasteiger partial charge on any atom is 0.274 e. The van der Waals surface area contributed by atoms with E-state index in [1.165, 1.54) is 17.5 Å². The fourth-order valence-electron chi connectivity index (χ4n) is 3.22. The number of carbonyl (C=O) groups is 1. The van der Waals surface area contributed by atoms with Gasteiger partial charge in [-0.15, -0.1) is 0 Å². The monoisotopic (exact) mass is 413 g/mol. The van der Waals surface area contributed by atoms with Gasteiger partial charge in [0.2, 0.25) is 11.7 Å². The second-order valence-electron chi connectivity index (χ2n) is 7.06. The largest absolute Gasteiger partial charge is 0.339 e. The molecule has 1 aliphatic rings. The molecule has 1 fully saturated rings. The van der Waals surface area contributed by atoms with Crippen molar-refractivity contribution in [3.05, 3.63) is 65.4 Å². The summed E-state index contributed by atoms with van der Waals surface area (Å²) >= 11 is 0. The molecule has 1 saturated carbocycles. The minimum absolute atomic E-state index is 0.0363. The summed E-state index contributed by atoms with van der Waals surface area (Å²) in [6.07, 6.45) is 2.16.